The largest absolute Gasteiger partial charge is 2.00 e. The summed E-state index contributed by atoms with van der Waals surface area (Å²) in [6.07, 6.45) is 12.1. The van der Waals surface area contributed by atoms with Gasteiger partial charge in [0.25, 0.3) is 0 Å². The maximum absolute atomic E-state index is 3.03. The summed E-state index contributed by atoms with van der Waals surface area (Å²) in [7, 11) is -1.75. The molecule has 47 heavy (non-hydrogen) atoms. The van der Waals surface area contributed by atoms with Crippen LogP contribution in [0.2, 0.25) is 0 Å². The molecule has 0 saturated heterocycles. The molecule has 0 aliphatic heterocycles. The van der Waals surface area contributed by atoms with E-state index in [1.54, 1.807) is 0 Å². The van der Waals surface area contributed by atoms with Gasteiger partial charge in [-0.3, -0.25) is 0 Å². The molecule has 3 heteroatoms. The van der Waals surface area contributed by atoms with Gasteiger partial charge in [-0.05, 0) is 72.8 Å². The molecule has 6 aromatic carbocycles. The van der Waals surface area contributed by atoms with Crippen LogP contribution in [-0.2, 0) is 19.5 Å². The van der Waals surface area contributed by atoms with E-state index in [1.165, 1.54) is 51.1 Å². The molecule has 0 amide bonds. The van der Waals surface area contributed by atoms with E-state index in [-0.39, 0.29) is 19.5 Å². The monoisotopic (exact) mass is 735 g/mol. The summed E-state index contributed by atoms with van der Waals surface area (Å²) in [5, 5.41) is 8.61. The van der Waals surface area contributed by atoms with Gasteiger partial charge in [0.05, 0.1) is 15.8 Å². The van der Waals surface area contributed by atoms with Crippen LogP contribution in [0.5, 0.6) is 0 Å². The minimum Gasteiger partial charge on any atom is -0.561 e. The van der Waals surface area contributed by atoms with Gasteiger partial charge in [0.1, 0.15) is 31.8 Å². The van der Waals surface area contributed by atoms with Gasteiger partial charge in [-0.15, -0.1) is 0 Å². The molecule has 1 radical (unpaired) electrons. The molecule has 0 bridgehead atoms. The van der Waals surface area contributed by atoms with E-state index in [9.17, 15) is 0 Å². The van der Waals surface area contributed by atoms with E-state index in [0.717, 1.165) is 12.8 Å². The molecule has 0 unspecified atom stereocenters. The Morgan fingerprint density at radius 3 is 0.745 bits per heavy atom. The van der Waals surface area contributed by atoms with E-state index >= 15 is 0 Å². The second-order valence-electron chi connectivity index (χ2n) is 11.0. The Morgan fingerprint density at radius 2 is 0.532 bits per heavy atom. The predicted molar refractivity (Wildman–Crippen MR) is 206 cm³/mol. The Hall–Kier alpha value is -3.68. The van der Waals surface area contributed by atoms with Gasteiger partial charge in [-0.2, -0.15) is 12.8 Å². The van der Waals surface area contributed by atoms with E-state index in [2.05, 4.69) is 200 Å². The van der Waals surface area contributed by atoms with Crippen molar-refractivity contribution in [2.24, 2.45) is 0 Å². The molecule has 7 rings (SSSR count). The molecular formula is C44H42P2Rh+2. The zero-order valence-corrected chi connectivity index (χ0v) is 30.3. The zero-order valence-electron chi connectivity index (χ0n) is 26.7. The molecule has 0 spiro atoms. The van der Waals surface area contributed by atoms with Crippen molar-refractivity contribution in [3.63, 3.8) is 0 Å². The summed E-state index contributed by atoms with van der Waals surface area (Å²) < 4.78 is 0. The smallest absolute Gasteiger partial charge is 0.561 e. The van der Waals surface area contributed by atoms with Crippen molar-refractivity contribution in [3.8, 4) is 0 Å². The Balaban J connectivity index is 0.000000171. The maximum atomic E-state index is 3.03. The van der Waals surface area contributed by atoms with E-state index in [4.69, 9.17) is 0 Å². The fourth-order valence-electron chi connectivity index (χ4n) is 5.42. The quantitative estimate of drug-likeness (QED) is 0.0696. The van der Waals surface area contributed by atoms with Crippen LogP contribution in [0.15, 0.2) is 188 Å². The number of hydrogen-bond donors (Lipinski definition) is 0. The Morgan fingerprint density at radius 1 is 0.319 bits per heavy atom. The van der Waals surface area contributed by atoms with Crippen molar-refractivity contribution >= 4 is 47.7 Å². The summed E-state index contributed by atoms with van der Waals surface area (Å²) in [4.78, 5) is 0. The molecular weight excluding hydrogens is 693 g/mol. The molecule has 1 aliphatic carbocycles. The standard InChI is InChI=1S/2C18H15P.C8H10.Rh/c2*1-4-10-16(11-5-1)19(17-12-6-2-7-13-17)18-14-8-3-9-15-18;1-2-4-6-8-7-5-3-1;/h2*1-15H;1-5H2;/q;;-2;+2/p+2. The van der Waals surface area contributed by atoms with Crippen LogP contribution in [0.25, 0.3) is 0 Å². The van der Waals surface area contributed by atoms with Gasteiger partial charge in [-0.1, -0.05) is 128 Å². The minimum absolute atomic E-state index is 0. The SMILES string of the molecule is C1=[C-]CCCCC[C-]=1.[Rh+2].c1ccc([PH+](c2ccccc2)c2ccccc2)cc1.c1ccc([PH+](c2ccccc2)c2ccccc2)cc1. The molecule has 235 valence electrons. The molecule has 6 aromatic rings. The van der Waals surface area contributed by atoms with Crippen molar-refractivity contribution in [1.82, 2.24) is 0 Å². The Bertz CT molecular complexity index is 1400. The van der Waals surface area contributed by atoms with Gasteiger partial charge in [0.15, 0.2) is 0 Å². The van der Waals surface area contributed by atoms with Gasteiger partial charge < -0.3 is 17.9 Å². The summed E-state index contributed by atoms with van der Waals surface area (Å²) in [5.41, 5.74) is 2.89. The Labute approximate surface area is 297 Å². The molecule has 0 atom stereocenters. The molecule has 1 aliphatic rings. The van der Waals surface area contributed by atoms with Gasteiger partial charge in [-0.25, -0.2) is 0 Å². The first-order valence-electron chi connectivity index (χ1n) is 16.2. The number of hydrogen-bond acceptors (Lipinski definition) is 0. The van der Waals surface area contributed by atoms with Gasteiger partial charge >= 0.3 is 19.5 Å². The number of benzene rings is 6. The van der Waals surface area contributed by atoms with Gasteiger partial charge in [0.2, 0.25) is 0 Å². The zero-order chi connectivity index (χ0) is 31.5. The van der Waals surface area contributed by atoms with Gasteiger partial charge in [0, 0.05) is 0 Å². The fraction of sp³-hybridized carbons (Fsp3) is 0.114. The first-order valence-corrected chi connectivity index (χ1v) is 19.2. The second-order valence-corrected chi connectivity index (χ2v) is 15.9. The van der Waals surface area contributed by atoms with Crippen LogP contribution in [0, 0.1) is 12.2 Å². The van der Waals surface area contributed by atoms with Crippen molar-refractivity contribution in [1.29, 1.82) is 0 Å². The molecule has 0 saturated carbocycles. The summed E-state index contributed by atoms with van der Waals surface area (Å²) in [6, 6.07) is 65.0. The molecule has 0 N–H and O–H groups in total. The third-order valence-electron chi connectivity index (χ3n) is 7.66. The second kappa shape index (κ2) is 21.2. The summed E-state index contributed by atoms with van der Waals surface area (Å²) >= 11 is 0. The van der Waals surface area contributed by atoms with Crippen LogP contribution in [0.4, 0.5) is 0 Å². The third kappa shape index (κ3) is 11.8. The van der Waals surface area contributed by atoms with E-state index in [1.807, 2.05) is 0 Å². The van der Waals surface area contributed by atoms with Crippen LogP contribution < -0.4 is 31.8 Å². The first-order chi connectivity index (χ1) is 22.9. The first kappa shape index (κ1) is 36.2. The summed E-state index contributed by atoms with van der Waals surface area (Å²) in [6.45, 7) is 0. The van der Waals surface area contributed by atoms with Crippen molar-refractivity contribution in [3.05, 3.63) is 200 Å². The third-order valence-corrected chi connectivity index (χ3v) is 13.1. The Kier molecular flexibility index (Phi) is 16.3. The van der Waals surface area contributed by atoms with E-state index < -0.39 is 15.8 Å². The van der Waals surface area contributed by atoms with Crippen molar-refractivity contribution < 1.29 is 19.5 Å². The molecule has 0 fully saturated rings. The number of rotatable bonds is 6. The van der Waals surface area contributed by atoms with Crippen molar-refractivity contribution in [2.45, 2.75) is 32.1 Å². The average molecular weight is 736 g/mol. The molecule has 0 heterocycles. The minimum atomic E-state index is -0.877. The normalized spacial score (nSPS) is 12.0. The average Bonchev–Trinajstić information content (AvgIpc) is 3.12. The summed E-state index contributed by atoms with van der Waals surface area (Å²) in [5.74, 6) is 0. The topological polar surface area (TPSA) is 0 Å². The van der Waals surface area contributed by atoms with Crippen molar-refractivity contribution in [2.75, 3.05) is 0 Å². The van der Waals surface area contributed by atoms with Crippen LogP contribution in [-0.4, -0.2) is 0 Å². The maximum Gasteiger partial charge on any atom is 2.00 e. The molecule has 0 nitrogen and oxygen atoms in total. The van der Waals surface area contributed by atoms with Crippen LogP contribution in [0.3, 0.4) is 0 Å². The van der Waals surface area contributed by atoms with E-state index in [0.29, 0.717) is 0 Å². The fourth-order valence-corrected chi connectivity index (χ4v) is 10.6. The predicted octanol–water partition coefficient (Wildman–Crippen LogP) is 8.62. The van der Waals surface area contributed by atoms with Crippen LogP contribution in [0.1, 0.15) is 32.1 Å². The number of allylic oxidation sites excluding steroid dienone is 1. The molecule has 0 aromatic heterocycles. The van der Waals surface area contributed by atoms with Crippen LogP contribution >= 0.6 is 15.8 Å².